The van der Waals surface area contributed by atoms with Gasteiger partial charge in [-0.1, -0.05) is 11.6 Å². The molecule has 4 heteroatoms. The topological polar surface area (TPSA) is 9.23 Å². The second-order valence-electron chi connectivity index (χ2n) is 3.45. The van der Waals surface area contributed by atoms with Crippen LogP contribution in [0.15, 0.2) is 21.1 Å². The molecule has 0 atom stereocenters. The minimum Gasteiger partial charge on any atom is -0.492 e. The van der Waals surface area contributed by atoms with Crippen molar-refractivity contribution in [3.05, 3.63) is 26.1 Å². The van der Waals surface area contributed by atoms with Crippen molar-refractivity contribution < 1.29 is 4.74 Å². The molecule has 0 spiro atoms. The van der Waals surface area contributed by atoms with Crippen LogP contribution in [0.3, 0.4) is 0 Å². The van der Waals surface area contributed by atoms with Gasteiger partial charge in [-0.2, -0.15) is 0 Å². The third-order valence-corrected chi connectivity index (χ3v) is 4.32. The monoisotopic (exact) mass is 338 g/mol. The molecule has 1 aliphatic rings. The molecule has 0 amide bonds. The number of benzene rings is 1. The highest BCUT2D eigenvalue weighted by atomic mass is 79.9. The Balaban J connectivity index is 2.13. The van der Waals surface area contributed by atoms with Gasteiger partial charge in [0.1, 0.15) is 5.75 Å². The lowest BCUT2D eigenvalue weighted by molar-refractivity contribution is 0.298. The molecule has 1 nitrogen and oxygen atoms in total. The van der Waals surface area contributed by atoms with E-state index in [1.54, 1.807) is 0 Å². The average molecular weight is 340 g/mol. The summed E-state index contributed by atoms with van der Waals surface area (Å²) >= 11 is 12.8. The fraction of sp³-hybridized carbons (Fsp3) is 0.400. The summed E-state index contributed by atoms with van der Waals surface area (Å²) in [5.74, 6) is 1.57. The van der Waals surface area contributed by atoms with Crippen molar-refractivity contribution in [2.45, 2.75) is 12.8 Å². The Kier molecular flexibility index (Phi) is 3.40. The third kappa shape index (κ3) is 2.65. The van der Waals surface area contributed by atoms with Gasteiger partial charge in [0.25, 0.3) is 0 Å². The van der Waals surface area contributed by atoms with Crippen molar-refractivity contribution in [2.75, 3.05) is 6.61 Å². The van der Waals surface area contributed by atoms with Crippen LogP contribution in [-0.4, -0.2) is 6.61 Å². The highest BCUT2D eigenvalue weighted by Gasteiger charge is 2.22. The number of hydrogen-bond donors (Lipinski definition) is 0. The Morgan fingerprint density at radius 3 is 2.71 bits per heavy atom. The van der Waals surface area contributed by atoms with Crippen LogP contribution in [0.2, 0.25) is 5.02 Å². The van der Waals surface area contributed by atoms with Gasteiger partial charge in [0.2, 0.25) is 0 Å². The Bertz CT molecular complexity index is 350. The van der Waals surface area contributed by atoms with Gasteiger partial charge in [0.15, 0.2) is 0 Å². The number of rotatable bonds is 3. The largest absolute Gasteiger partial charge is 0.492 e. The SMILES string of the molecule is Clc1cc(Br)c(Br)c(OCC2CC2)c1. The molecule has 76 valence electrons. The summed E-state index contributed by atoms with van der Waals surface area (Å²) in [5, 5.41) is 0.686. The Hall–Kier alpha value is 0.270. The first-order valence-corrected chi connectivity index (χ1v) is 6.40. The lowest BCUT2D eigenvalue weighted by Crippen LogP contribution is -1.99. The Labute approximate surface area is 105 Å². The maximum atomic E-state index is 5.92. The zero-order valence-electron chi connectivity index (χ0n) is 7.40. The van der Waals surface area contributed by atoms with E-state index in [1.165, 1.54) is 12.8 Å². The average Bonchev–Trinajstić information content (AvgIpc) is 2.92. The number of hydrogen-bond acceptors (Lipinski definition) is 1. The van der Waals surface area contributed by atoms with Gasteiger partial charge < -0.3 is 4.74 Å². The van der Waals surface area contributed by atoms with Crippen molar-refractivity contribution in [1.29, 1.82) is 0 Å². The van der Waals surface area contributed by atoms with Crippen LogP contribution in [-0.2, 0) is 0 Å². The van der Waals surface area contributed by atoms with Crippen molar-refractivity contribution >= 4 is 43.5 Å². The molecule has 0 aromatic heterocycles. The van der Waals surface area contributed by atoms with Crippen LogP contribution in [0.5, 0.6) is 5.75 Å². The highest BCUT2D eigenvalue weighted by Crippen LogP contribution is 2.37. The molecule has 1 aromatic carbocycles. The lowest BCUT2D eigenvalue weighted by atomic mass is 10.3. The standard InChI is InChI=1S/C10H9Br2ClO/c11-8-3-7(13)4-9(10(8)12)14-5-6-1-2-6/h3-4,6H,1-2,5H2. The zero-order chi connectivity index (χ0) is 10.1. The van der Waals surface area contributed by atoms with Crippen molar-refractivity contribution in [1.82, 2.24) is 0 Å². The molecule has 2 rings (SSSR count). The third-order valence-electron chi connectivity index (χ3n) is 2.13. The molecule has 14 heavy (non-hydrogen) atoms. The van der Waals surface area contributed by atoms with Gasteiger partial charge in [0, 0.05) is 9.50 Å². The summed E-state index contributed by atoms with van der Waals surface area (Å²) in [4.78, 5) is 0. The summed E-state index contributed by atoms with van der Waals surface area (Å²) in [6.07, 6.45) is 2.58. The normalized spacial score (nSPS) is 15.6. The summed E-state index contributed by atoms with van der Waals surface area (Å²) < 4.78 is 7.52. The molecule has 0 radical (unpaired) electrons. The fourth-order valence-corrected chi connectivity index (χ4v) is 2.25. The van der Waals surface area contributed by atoms with Gasteiger partial charge in [-0.3, -0.25) is 0 Å². The minimum absolute atomic E-state index is 0.686. The van der Waals surface area contributed by atoms with Gasteiger partial charge >= 0.3 is 0 Å². The molecule has 0 heterocycles. The molecule has 1 aliphatic carbocycles. The maximum Gasteiger partial charge on any atom is 0.136 e. The van der Waals surface area contributed by atoms with Crippen LogP contribution >= 0.6 is 43.5 Å². The first-order valence-electron chi connectivity index (χ1n) is 4.44. The highest BCUT2D eigenvalue weighted by molar-refractivity contribution is 9.13. The van der Waals surface area contributed by atoms with Crippen LogP contribution in [0.1, 0.15) is 12.8 Å². The minimum atomic E-state index is 0.686. The van der Waals surface area contributed by atoms with Crippen molar-refractivity contribution in [3.63, 3.8) is 0 Å². The molecule has 1 saturated carbocycles. The molecule has 1 aromatic rings. The molecule has 1 fully saturated rings. The molecular formula is C10H9Br2ClO. The molecular weight excluding hydrogens is 331 g/mol. The molecule has 0 bridgehead atoms. The van der Waals surface area contributed by atoms with E-state index in [-0.39, 0.29) is 0 Å². The second-order valence-corrected chi connectivity index (χ2v) is 5.54. The van der Waals surface area contributed by atoms with Gasteiger partial charge in [-0.05, 0) is 62.8 Å². The summed E-state index contributed by atoms with van der Waals surface area (Å²) in [5.41, 5.74) is 0. The van der Waals surface area contributed by atoms with Crippen LogP contribution in [0.25, 0.3) is 0 Å². The molecule has 0 saturated heterocycles. The van der Waals surface area contributed by atoms with E-state index < -0.39 is 0 Å². The van der Waals surface area contributed by atoms with E-state index in [0.717, 1.165) is 27.2 Å². The van der Waals surface area contributed by atoms with E-state index in [2.05, 4.69) is 31.9 Å². The van der Waals surface area contributed by atoms with E-state index in [1.807, 2.05) is 12.1 Å². The lowest BCUT2D eigenvalue weighted by Gasteiger charge is -2.09. The summed E-state index contributed by atoms with van der Waals surface area (Å²) in [7, 11) is 0. The van der Waals surface area contributed by atoms with E-state index in [0.29, 0.717) is 5.02 Å². The number of ether oxygens (including phenoxy) is 1. The van der Waals surface area contributed by atoms with Crippen LogP contribution in [0.4, 0.5) is 0 Å². The van der Waals surface area contributed by atoms with Gasteiger partial charge in [-0.15, -0.1) is 0 Å². The second kappa shape index (κ2) is 4.42. The van der Waals surface area contributed by atoms with E-state index in [4.69, 9.17) is 16.3 Å². The molecule has 0 N–H and O–H groups in total. The Morgan fingerprint density at radius 2 is 2.07 bits per heavy atom. The predicted molar refractivity (Wildman–Crippen MR) is 65.1 cm³/mol. The fourth-order valence-electron chi connectivity index (χ4n) is 1.13. The first-order chi connectivity index (χ1) is 6.66. The van der Waals surface area contributed by atoms with Crippen molar-refractivity contribution in [2.24, 2.45) is 5.92 Å². The smallest absolute Gasteiger partial charge is 0.136 e. The number of halogens is 3. The van der Waals surface area contributed by atoms with Crippen LogP contribution in [0, 0.1) is 5.92 Å². The molecule has 0 unspecified atom stereocenters. The van der Waals surface area contributed by atoms with Gasteiger partial charge in [-0.25, -0.2) is 0 Å². The first kappa shape index (κ1) is 10.8. The van der Waals surface area contributed by atoms with Crippen LogP contribution < -0.4 is 4.74 Å². The van der Waals surface area contributed by atoms with E-state index >= 15 is 0 Å². The summed E-state index contributed by atoms with van der Waals surface area (Å²) in [6.45, 7) is 0.797. The zero-order valence-corrected chi connectivity index (χ0v) is 11.3. The molecule has 0 aliphatic heterocycles. The van der Waals surface area contributed by atoms with E-state index in [9.17, 15) is 0 Å². The quantitative estimate of drug-likeness (QED) is 0.728. The summed E-state index contributed by atoms with van der Waals surface area (Å²) in [6, 6.07) is 3.68. The van der Waals surface area contributed by atoms with Crippen molar-refractivity contribution in [3.8, 4) is 5.75 Å². The Morgan fingerprint density at radius 1 is 1.36 bits per heavy atom. The van der Waals surface area contributed by atoms with Gasteiger partial charge in [0.05, 0.1) is 11.1 Å². The maximum absolute atomic E-state index is 5.92. The predicted octanol–water partition coefficient (Wildman–Crippen LogP) is 4.65.